The molecule has 0 aliphatic carbocycles. The summed E-state index contributed by atoms with van der Waals surface area (Å²) in [5.74, 6) is 1.11. The molecule has 0 saturated carbocycles. The number of hydrogen-bond acceptors (Lipinski definition) is 4. The molecule has 0 unspecified atom stereocenters. The van der Waals surface area contributed by atoms with Gasteiger partial charge < -0.3 is 5.32 Å². The molecule has 150 valence electrons. The van der Waals surface area contributed by atoms with Gasteiger partial charge in [-0.05, 0) is 49.6 Å². The molecule has 0 saturated heterocycles. The minimum absolute atomic E-state index is 0.0275. The van der Waals surface area contributed by atoms with Crippen LogP contribution in [0.3, 0.4) is 0 Å². The van der Waals surface area contributed by atoms with Crippen LogP contribution in [0.5, 0.6) is 0 Å². The molecule has 5 heteroatoms. The van der Waals surface area contributed by atoms with Crippen LogP contribution in [0.25, 0.3) is 11.3 Å². The molecule has 1 aromatic heterocycles. The van der Waals surface area contributed by atoms with Crippen molar-refractivity contribution in [3.8, 4) is 11.3 Å². The van der Waals surface area contributed by atoms with Crippen LogP contribution in [-0.2, 0) is 5.75 Å². The molecule has 4 nitrogen and oxygen atoms in total. The van der Waals surface area contributed by atoms with E-state index in [9.17, 15) is 4.79 Å². The average molecular weight is 406 g/mol. The number of amides is 1. The number of hydrogen-bond donors (Lipinski definition) is 1. The van der Waals surface area contributed by atoms with E-state index in [1.807, 2.05) is 43.3 Å². The van der Waals surface area contributed by atoms with Crippen molar-refractivity contribution in [1.29, 1.82) is 0 Å². The number of carbonyl (C=O) groups excluding carboxylic acids is 1. The van der Waals surface area contributed by atoms with Crippen LogP contribution in [0.15, 0.2) is 65.7 Å². The third-order valence-corrected chi connectivity index (χ3v) is 5.91. The second-order valence-electron chi connectivity index (χ2n) is 7.62. The Kier molecular flexibility index (Phi) is 7.04. The minimum atomic E-state index is -0.0275. The lowest BCUT2D eigenvalue weighted by atomic mass is 10.1. The Balaban J connectivity index is 1.61. The lowest BCUT2D eigenvalue weighted by Gasteiger charge is -2.17. The lowest BCUT2D eigenvalue weighted by Crippen LogP contribution is -2.36. The molecule has 1 N–H and O–H groups in total. The van der Waals surface area contributed by atoms with Crippen LogP contribution < -0.4 is 5.32 Å². The van der Waals surface area contributed by atoms with Crippen LogP contribution in [-0.4, -0.2) is 22.1 Å². The predicted octanol–water partition coefficient (Wildman–Crippen LogP) is 5.52. The van der Waals surface area contributed by atoms with Gasteiger partial charge in [0.2, 0.25) is 0 Å². The van der Waals surface area contributed by atoms with E-state index in [1.165, 1.54) is 5.56 Å². The van der Waals surface area contributed by atoms with Crippen LogP contribution in [0, 0.1) is 12.8 Å². The van der Waals surface area contributed by atoms with Crippen molar-refractivity contribution in [3.63, 3.8) is 0 Å². The molecule has 0 aliphatic rings. The summed E-state index contributed by atoms with van der Waals surface area (Å²) in [7, 11) is 0. The van der Waals surface area contributed by atoms with E-state index in [4.69, 9.17) is 0 Å². The van der Waals surface area contributed by atoms with Crippen LogP contribution in [0.2, 0.25) is 0 Å². The monoisotopic (exact) mass is 405 g/mol. The van der Waals surface area contributed by atoms with Gasteiger partial charge in [-0.15, -0.1) is 10.2 Å². The zero-order chi connectivity index (χ0) is 20.8. The maximum atomic E-state index is 12.4. The summed E-state index contributed by atoms with van der Waals surface area (Å²) < 4.78 is 0. The molecule has 0 spiro atoms. The van der Waals surface area contributed by atoms with E-state index < -0.39 is 0 Å². The fourth-order valence-electron chi connectivity index (χ4n) is 2.69. The quantitative estimate of drug-likeness (QED) is 0.526. The number of aromatic nitrogens is 2. The Morgan fingerprint density at radius 2 is 1.76 bits per heavy atom. The van der Waals surface area contributed by atoms with Gasteiger partial charge in [0.05, 0.1) is 5.69 Å². The highest BCUT2D eigenvalue weighted by molar-refractivity contribution is 7.98. The summed E-state index contributed by atoms with van der Waals surface area (Å²) in [5.41, 5.74) is 4.94. The van der Waals surface area contributed by atoms with Gasteiger partial charge >= 0.3 is 0 Å². The van der Waals surface area contributed by atoms with E-state index >= 15 is 0 Å². The Morgan fingerprint density at radius 1 is 1.00 bits per heavy atom. The molecule has 2 aromatic carbocycles. The number of aryl methyl sites for hydroxylation is 1. The van der Waals surface area contributed by atoms with Crippen LogP contribution in [0.1, 0.15) is 42.3 Å². The van der Waals surface area contributed by atoms with Gasteiger partial charge in [0.15, 0.2) is 0 Å². The molecular weight excluding hydrogens is 378 g/mol. The van der Waals surface area contributed by atoms with Crippen molar-refractivity contribution < 1.29 is 4.79 Å². The first-order valence-electron chi connectivity index (χ1n) is 9.86. The highest BCUT2D eigenvalue weighted by Gasteiger charge is 2.13. The van der Waals surface area contributed by atoms with Gasteiger partial charge in [0, 0.05) is 22.9 Å². The normalized spacial score (nSPS) is 12.0. The van der Waals surface area contributed by atoms with Gasteiger partial charge in [0.25, 0.3) is 5.91 Å². The molecule has 0 aliphatic heterocycles. The zero-order valence-electron chi connectivity index (χ0n) is 17.3. The zero-order valence-corrected chi connectivity index (χ0v) is 18.2. The molecule has 1 heterocycles. The molecule has 1 amide bonds. The smallest absolute Gasteiger partial charge is 0.251 e. The van der Waals surface area contributed by atoms with Crippen molar-refractivity contribution in [2.24, 2.45) is 5.92 Å². The average Bonchev–Trinajstić information content (AvgIpc) is 2.73. The van der Waals surface area contributed by atoms with E-state index in [1.54, 1.807) is 11.8 Å². The Hall–Kier alpha value is -2.66. The van der Waals surface area contributed by atoms with Crippen molar-refractivity contribution in [2.45, 2.75) is 44.5 Å². The van der Waals surface area contributed by atoms with Crippen molar-refractivity contribution in [2.75, 3.05) is 0 Å². The van der Waals surface area contributed by atoms with Gasteiger partial charge in [-0.3, -0.25) is 4.79 Å². The number of benzene rings is 2. The molecule has 3 rings (SSSR count). The van der Waals surface area contributed by atoms with Crippen LogP contribution in [0.4, 0.5) is 0 Å². The minimum Gasteiger partial charge on any atom is -0.349 e. The van der Waals surface area contributed by atoms with E-state index in [2.05, 4.69) is 60.6 Å². The van der Waals surface area contributed by atoms with Crippen molar-refractivity contribution in [1.82, 2.24) is 15.5 Å². The fraction of sp³-hybridized carbons (Fsp3) is 0.292. The first-order valence-corrected chi connectivity index (χ1v) is 10.8. The van der Waals surface area contributed by atoms with E-state index in [0.29, 0.717) is 11.5 Å². The number of carbonyl (C=O) groups is 1. The number of thioether (sulfide) groups is 1. The van der Waals surface area contributed by atoms with E-state index in [-0.39, 0.29) is 11.9 Å². The van der Waals surface area contributed by atoms with Crippen LogP contribution >= 0.6 is 11.8 Å². The third kappa shape index (κ3) is 5.91. The number of nitrogens with one attached hydrogen (secondary N) is 1. The van der Waals surface area contributed by atoms with Gasteiger partial charge in [-0.1, -0.05) is 67.6 Å². The topological polar surface area (TPSA) is 54.9 Å². The standard InChI is InChI=1S/C24H27N3OS/c1-16(2)18(4)25-24(28)21-7-5-6-19(14-21)15-29-23-13-12-22(26-27-23)20-10-8-17(3)9-11-20/h5-14,16,18H,15H2,1-4H3,(H,25,28)/t18-/m1/s1. The molecular formula is C24H27N3OS. The summed E-state index contributed by atoms with van der Waals surface area (Å²) >= 11 is 1.61. The van der Waals surface area contributed by atoms with Gasteiger partial charge in [-0.25, -0.2) is 0 Å². The largest absolute Gasteiger partial charge is 0.349 e. The number of rotatable bonds is 7. The SMILES string of the molecule is Cc1ccc(-c2ccc(SCc3cccc(C(=O)N[C@H](C)C(C)C)c3)nn2)cc1. The second-order valence-corrected chi connectivity index (χ2v) is 8.61. The molecule has 29 heavy (non-hydrogen) atoms. The Morgan fingerprint density at radius 3 is 2.41 bits per heavy atom. The molecule has 0 bridgehead atoms. The molecule has 0 radical (unpaired) electrons. The maximum absolute atomic E-state index is 12.4. The van der Waals surface area contributed by atoms with Gasteiger partial charge in [-0.2, -0.15) is 0 Å². The Labute approximate surface area is 177 Å². The summed E-state index contributed by atoms with van der Waals surface area (Å²) in [5, 5.41) is 12.6. The molecule has 1 atom stereocenters. The summed E-state index contributed by atoms with van der Waals surface area (Å²) in [4.78, 5) is 12.4. The van der Waals surface area contributed by atoms with E-state index in [0.717, 1.165) is 27.6 Å². The molecule has 3 aromatic rings. The predicted molar refractivity (Wildman–Crippen MR) is 120 cm³/mol. The highest BCUT2D eigenvalue weighted by Crippen LogP contribution is 2.23. The number of nitrogens with zero attached hydrogens (tertiary/aromatic N) is 2. The van der Waals surface area contributed by atoms with Crippen molar-refractivity contribution in [3.05, 3.63) is 77.4 Å². The van der Waals surface area contributed by atoms with Crippen molar-refractivity contribution >= 4 is 17.7 Å². The second kappa shape index (κ2) is 9.70. The third-order valence-electron chi connectivity index (χ3n) is 4.92. The Bertz CT molecular complexity index is 953. The maximum Gasteiger partial charge on any atom is 0.251 e. The summed E-state index contributed by atoms with van der Waals surface area (Å²) in [6.07, 6.45) is 0. The highest BCUT2D eigenvalue weighted by atomic mass is 32.2. The first-order chi connectivity index (χ1) is 13.9. The fourth-order valence-corrected chi connectivity index (χ4v) is 3.45. The summed E-state index contributed by atoms with van der Waals surface area (Å²) in [6, 6.07) is 20.2. The molecule has 0 fully saturated rings. The lowest BCUT2D eigenvalue weighted by molar-refractivity contribution is 0.0930. The van der Waals surface area contributed by atoms with Gasteiger partial charge in [0.1, 0.15) is 5.03 Å². The first kappa shape index (κ1) is 21.1. The summed E-state index contributed by atoms with van der Waals surface area (Å²) in [6.45, 7) is 8.30.